The van der Waals surface area contributed by atoms with Crippen molar-refractivity contribution in [1.82, 2.24) is 10.3 Å². The molecule has 106 valence electrons. The molecule has 1 aromatic heterocycles. The molecule has 2 rings (SSSR count). The number of hydrogen-bond acceptors (Lipinski definition) is 4. The van der Waals surface area contributed by atoms with Crippen LogP contribution in [0, 0.1) is 5.92 Å². The van der Waals surface area contributed by atoms with Gasteiger partial charge >= 0.3 is 0 Å². The van der Waals surface area contributed by atoms with E-state index in [9.17, 15) is 0 Å². The zero-order chi connectivity index (χ0) is 13.7. The lowest BCUT2D eigenvalue weighted by Crippen LogP contribution is -2.41. The van der Waals surface area contributed by atoms with Gasteiger partial charge in [-0.05, 0) is 57.8 Å². The Morgan fingerprint density at radius 3 is 3.00 bits per heavy atom. The van der Waals surface area contributed by atoms with E-state index in [-0.39, 0.29) is 0 Å². The summed E-state index contributed by atoms with van der Waals surface area (Å²) in [5.74, 6) is 2.52. The van der Waals surface area contributed by atoms with Gasteiger partial charge in [-0.1, -0.05) is 0 Å². The molecule has 0 radical (unpaired) electrons. The first-order chi connectivity index (χ1) is 9.22. The molecule has 1 aromatic rings. The summed E-state index contributed by atoms with van der Waals surface area (Å²) < 4.78 is 5.45. The molecular formula is C15H25N3O. The number of piperidine rings is 1. The second-order valence-corrected chi connectivity index (χ2v) is 5.49. The van der Waals surface area contributed by atoms with Gasteiger partial charge in [0.25, 0.3) is 0 Å². The first kappa shape index (κ1) is 14.1. The highest BCUT2D eigenvalue weighted by molar-refractivity contribution is 5.52. The molecule has 4 heteroatoms. The van der Waals surface area contributed by atoms with Crippen molar-refractivity contribution in [3.05, 3.63) is 18.3 Å². The Bertz CT molecular complexity index is 389. The van der Waals surface area contributed by atoms with Gasteiger partial charge in [0.15, 0.2) is 11.6 Å². The van der Waals surface area contributed by atoms with Gasteiger partial charge in [-0.2, -0.15) is 0 Å². The number of hydrogen-bond donors (Lipinski definition) is 1. The molecule has 1 aliphatic heterocycles. The standard InChI is InChI=1S/C15H25N3O/c1-12(2)18(11-13-6-4-8-16-10-13)15-14(19-3)7-5-9-17-15/h5,7,9,12-13,16H,4,6,8,10-11H2,1-3H3. The van der Waals surface area contributed by atoms with Crippen molar-refractivity contribution >= 4 is 5.82 Å². The van der Waals surface area contributed by atoms with Crippen LogP contribution in [0.25, 0.3) is 0 Å². The highest BCUT2D eigenvalue weighted by Gasteiger charge is 2.22. The normalized spacial score (nSPS) is 19.5. The van der Waals surface area contributed by atoms with Crippen molar-refractivity contribution in [3.8, 4) is 5.75 Å². The van der Waals surface area contributed by atoms with Crippen molar-refractivity contribution < 1.29 is 4.74 Å². The number of nitrogens with one attached hydrogen (secondary N) is 1. The van der Waals surface area contributed by atoms with Gasteiger partial charge in [-0.15, -0.1) is 0 Å². The fraction of sp³-hybridized carbons (Fsp3) is 0.667. The number of anilines is 1. The predicted molar refractivity (Wildman–Crippen MR) is 78.9 cm³/mol. The quantitative estimate of drug-likeness (QED) is 0.884. The van der Waals surface area contributed by atoms with E-state index in [1.807, 2.05) is 18.3 Å². The monoisotopic (exact) mass is 263 g/mol. The van der Waals surface area contributed by atoms with Crippen molar-refractivity contribution in [1.29, 1.82) is 0 Å². The lowest BCUT2D eigenvalue weighted by molar-refractivity contribution is 0.365. The minimum Gasteiger partial charge on any atom is -0.493 e. The molecule has 1 aliphatic rings. The average molecular weight is 263 g/mol. The molecule has 0 saturated carbocycles. The van der Waals surface area contributed by atoms with Crippen LogP contribution in [0.15, 0.2) is 18.3 Å². The van der Waals surface area contributed by atoms with E-state index in [1.54, 1.807) is 7.11 Å². The lowest BCUT2D eigenvalue weighted by Gasteiger charge is -2.34. The summed E-state index contributed by atoms with van der Waals surface area (Å²) in [7, 11) is 1.71. The topological polar surface area (TPSA) is 37.4 Å². The third kappa shape index (κ3) is 3.60. The molecule has 0 spiro atoms. The Balaban J connectivity index is 2.14. The van der Waals surface area contributed by atoms with Crippen LogP contribution in [-0.2, 0) is 0 Å². The van der Waals surface area contributed by atoms with Crippen LogP contribution in [0.4, 0.5) is 5.82 Å². The smallest absolute Gasteiger partial charge is 0.171 e. The van der Waals surface area contributed by atoms with Crippen LogP contribution < -0.4 is 15.0 Å². The van der Waals surface area contributed by atoms with Crippen molar-refractivity contribution in [2.45, 2.75) is 32.7 Å². The summed E-state index contributed by atoms with van der Waals surface area (Å²) >= 11 is 0. The number of pyridine rings is 1. The predicted octanol–water partition coefficient (Wildman–Crippen LogP) is 2.30. The van der Waals surface area contributed by atoms with Crippen LogP contribution in [0.2, 0.25) is 0 Å². The summed E-state index contributed by atoms with van der Waals surface area (Å²) in [5.41, 5.74) is 0. The van der Waals surface area contributed by atoms with Gasteiger partial charge in [-0.25, -0.2) is 4.98 Å². The number of aromatic nitrogens is 1. The Morgan fingerprint density at radius 2 is 2.37 bits per heavy atom. The minimum absolute atomic E-state index is 0.422. The van der Waals surface area contributed by atoms with Crippen molar-refractivity contribution in [2.75, 3.05) is 31.6 Å². The fourth-order valence-corrected chi connectivity index (χ4v) is 2.66. The van der Waals surface area contributed by atoms with E-state index in [1.165, 1.54) is 12.8 Å². The maximum absolute atomic E-state index is 5.45. The second kappa shape index (κ2) is 6.75. The zero-order valence-corrected chi connectivity index (χ0v) is 12.2. The van der Waals surface area contributed by atoms with E-state index < -0.39 is 0 Å². The van der Waals surface area contributed by atoms with E-state index >= 15 is 0 Å². The third-order valence-corrected chi connectivity index (χ3v) is 3.72. The molecule has 4 nitrogen and oxygen atoms in total. The summed E-state index contributed by atoms with van der Waals surface area (Å²) in [6.45, 7) is 7.73. The molecule has 1 fully saturated rings. The van der Waals surface area contributed by atoms with Crippen LogP contribution in [0.5, 0.6) is 5.75 Å². The van der Waals surface area contributed by atoms with Crippen LogP contribution in [0.1, 0.15) is 26.7 Å². The molecule has 1 atom stereocenters. The van der Waals surface area contributed by atoms with Crippen LogP contribution in [0.3, 0.4) is 0 Å². The molecule has 0 amide bonds. The molecule has 2 heterocycles. The molecule has 19 heavy (non-hydrogen) atoms. The van der Waals surface area contributed by atoms with Crippen LogP contribution >= 0.6 is 0 Å². The maximum atomic E-state index is 5.45. The summed E-state index contributed by atoms with van der Waals surface area (Å²) in [4.78, 5) is 6.87. The van der Waals surface area contributed by atoms with Gasteiger partial charge in [0.1, 0.15) is 0 Å². The molecule has 0 bridgehead atoms. The first-order valence-corrected chi connectivity index (χ1v) is 7.18. The highest BCUT2D eigenvalue weighted by atomic mass is 16.5. The second-order valence-electron chi connectivity index (χ2n) is 5.49. The number of methoxy groups -OCH3 is 1. The Kier molecular flexibility index (Phi) is 5.02. The first-order valence-electron chi connectivity index (χ1n) is 7.18. The summed E-state index contributed by atoms with van der Waals surface area (Å²) in [6.07, 6.45) is 4.41. The zero-order valence-electron chi connectivity index (χ0n) is 12.2. The van der Waals surface area contributed by atoms with E-state index in [0.29, 0.717) is 12.0 Å². The largest absolute Gasteiger partial charge is 0.493 e. The Hall–Kier alpha value is -1.29. The molecule has 1 unspecified atom stereocenters. The van der Waals surface area contributed by atoms with Gasteiger partial charge in [0, 0.05) is 18.8 Å². The van der Waals surface area contributed by atoms with E-state index in [0.717, 1.165) is 31.2 Å². The molecule has 0 aromatic carbocycles. The summed E-state index contributed by atoms with van der Waals surface area (Å²) in [5, 5.41) is 3.48. The molecule has 1 saturated heterocycles. The van der Waals surface area contributed by atoms with Gasteiger partial charge in [0.05, 0.1) is 7.11 Å². The SMILES string of the molecule is COc1cccnc1N(CC1CCCNC1)C(C)C. The van der Waals surface area contributed by atoms with Crippen molar-refractivity contribution in [2.24, 2.45) is 5.92 Å². The lowest BCUT2D eigenvalue weighted by atomic mass is 9.98. The Morgan fingerprint density at radius 1 is 1.53 bits per heavy atom. The summed E-state index contributed by atoms with van der Waals surface area (Å²) in [6, 6.07) is 4.32. The van der Waals surface area contributed by atoms with Gasteiger partial charge in [0.2, 0.25) is 0 Å². The molecule has 0 aliphatic carbocycles. The highest BCUT2D eigenvalue weighted by Crippen LogP contribution is 2.28. The number of ether oxygens (including phenoxy) is 1. The molecule has 1 N–H and O–H groups in total. The Labute approximate surface area is 116 Å². The molecular weight excluding hydrogens is 238 g/mol. The van der Waals surface area contributed by atoms with Crippen molar-refractivity contribution in [3.63, 3.8) is 0 Å². The fourth-order valence-electron chi connectivity index (χ4n) is 2.66. The number of rotatable bonds is 5. The third-order valence-electron chi connectivity index (χ3n) is 3.72. The van der Waals surface area contributed by atoms with Gasteiger partial charge < -0.3 is 15.0 Å². The number of nitrogens with zero attached hydrogens (tertiary/aromatic N) is 2. The van der Waals surface area contributed by atoms with Crippen LogP contribution in [-0.4, -0.2) is 37.8 Å². The van der Waals surface area contributed by atoms with Gasteiger partial charge in [-0.3, -0.25) is 0 Å². The van der Waals surface area contributed by atoms with E-state index in [2.05, 4.69) is 29.0 Å². The minimum atomic E-state index is 0.422. The average Bonchev–Trinajstić information content (AvgIpc) is 2.45. The van der Waals surface area contributed by atoms with E-state index in [4.69, 9.17) is 4.74 Å². The maximum Gasteiger partial charge on any atom is 0.171 e.